The second-order valence-electron chi connectivity index (χ2n) is 9.29. The molecule has 1 N–H and O–H groups in total. The molecule has 1 unspecified atom stereocenters. The van der Waals surface area contributed by atoms with Gasteiger partial charge in [0.2, 0.25) is 0 Å². The van der Waals surface area contributed by atoms with Crippen molar-refractivity contribution in [2.45, 2.75) is 68.6 Å². The molecular weight excluding hydrogens is 358 g/mol. The van der Waals surface area contributed by atoms with Crippen molar-refractivity contribution in [3.05, 3.63) is 23.3 Å². The Labute approximate surface area is 163 Å². The highest BCUT2D eigenvalue weighted by molar-refractivity contribution is 5.90. The van der Waals surface area contributed by atoms with E-state index in [4.69, 9.17) is 9.47 Å². The Morgan fingerprint density at radius 1 is 1.36 bits per heavy atom. The highest BCUT2D eigenvalue weighted by atomic mass is 16.6. The molecule has 1 aromatic carbocycles. The molecule has 28 heavy (non-hydrogen) atoms. The SMILES string of the molecule is CC(=O)Oc1ccc2c3c1O[C@H]1C(=O)CC[C@@]4(O)C(C2)N(CC2CC2)CC[C@]314. The first-order valence-electron chi connectivity index (χ1n) is 10.4. The van der Waals surface area contributed by atoms with Gasteiger partial charge < -0.3 is 14.6 Å². The number of hydrogen-bond donors (Lipinski definition) is 1. The van der Waals surface area contributed by atoms with Crippen LogP contribution in [0.4, 0.5) is 0 Å². The molecular formula is C22H25NO5. The van der Waals surface area contributed by atoms with Crippen LogP contribution in [0.1, 0.15) is 50.2 Å². The summed E-state index contributed by atoms with van der Waals surface area (Å²) >= 11 is 0. The number of ether oxygens (including phenoxy) is 2. The summed E-state index contributed by atoms with van der Waals surface area (Å²) in [5.41, 5.74) is 0.352. The van der Waals surface area contributed by atoms with Crippen LogP contribution in [0, 0.1) is 5.92 Å². The van der Waals surface area contributed by atoms with Gasteiger partial charge in [0.25, 0.3) is 0 Å². The van der Waals surface area contributed by atoms with Gasteiger partial charge in [-0.05, 0) is 56.2 Å². The molecule has 0 amide bonds. The van der Waals surface area contributed by atoms with Gasteiger partial charge in [-0.25, -0.2) is 0 Å². The molecule has 3 fully saturated rings. The quantitative estimate of drug-likeness (QED) is 0.633. The van der Waals surface area contributed by atoms with Gasteiger partial charge in [0, 0.05) is 31.5 Å². The van der Waals surface area contributed by atoms with Crippen LogP contribution in [0.5, 0.6) is 11.5 Å². The average Bonchev–Trinajstić information content (AvgIpc) is 3.38. The second kappa shape index (κ2) is 5.36. The van der Waals surface area contributed by atoms with Crippen molar-refractivity contribution in [1.29, 1.82) is 0 Å². The Balaban J connectivity index is 1.54. The summed E-state index contributed by atoms with van der Waals surface area (Å²) in [7, 11) is 0. The van der Waals surface area contributed by atoms with Gasteiger partial charge in [-0.2, -0.15) is 0 Å². The lowest BCUT2D eigenvalue weighted by molar-refractivity contribution is -0.188. The van der Waals surface area contributed by atoms with Gasteiger partial charge >= 0.3 is 5.97 Å². The van der Waals surface area contributed by atoms with Crippen molar-refractivity contribution >= 4 is 11.8 Å². The number of hydrogen-bond acceptors (Lipinski definition) is 6. The van der Waals surface area contributed by atoms with Crippen LogP contribution in [0.25, 0.3) is 0 Å². The topological polar surface area (TPSA) is 76.1 Å². The number of piperidine rings is 1. The molecule has 2 bridgehead atoms. The molecule has 6 nitrogen and oxygen atoms in total. The highest BCUT2D eigenvalue weighted by Gasteiger charge is 2.73. The van der Waals surface area contributed by atoms with E-state index >= 15 is 0 Å². The smallest absolute Gasteiger partial charge is 0.308 e. The zero-order valence-corrected chi connectivity index (χ0v) is 16.1. The number of benzene rings is 1. The Morgan fingerprint density at radius 3 is 2.93 bits per heavy atom. The van der Waals surface area contributed by atoms with Crippen molar-refractivity contribution in [3.63, 3.8) is 0 Å². The zero-order valence-electron chi connectivity index (χ0n) is 16.1. The van der Waals surface area contributed by atoms with Crippen molar-refractivity contribution in [2.24, 2.45) is 5.92 Å². The fraction of sp³-hybridized carbons (Fsp3) is 0.636. The Hall–Kier alpha value is -1.92. The van der Waals surface area contributed by atoms with Gasteiger partial charge in [0.15, 0.2) is 23.4 Å². The lowest BCUT2D eigenvalue weighted by atomic mass is 9.49. The monoisotopic (exact) mass is 383 g/mol. The minimum atomic E-state index is -0.980. The number of aliphatic hydroxyl groups is 1. The van der Waals surface area contributed by atoms with E-state index in [1.807, 2.05) is 6.07 Å². The number of nitrogens with zero attached hydrogens (tertiary/aromatic N) is 1. The van der Waals surface area contributed by atoms with E-state index in [2.05, 4.69) is 4.90 Å². The zero-order chi connectivity index (χ0) is 19.3. The van der Waals surface area contributed by atoms with Gasteiger partial charge in [-0.1, -0.05) is 6.07 Å². The van der Waals surface area contributed by atoms with Gasteiger partial charge in [-0.15, -0.1) is 0 Å². The summed E-state index contributed by atoms with van der Waals surface area (Å²) in [4.78, 5) is 27.0. The largest absolute Gasteiger partial charge is 0.477 e. The van der Waals surface area contributed by atoms with E-state index in [1.54, 1.807) is 6.07 Å². The summed E-state index contributed by atoms with van der Waals surface area (Å²) < 4.78 is 11.6. The summed E-state index contributed by atoms with van der Waals surface area (Å²) in [6.07, 6.45) is 4.15. The fourth-order valence-corrected chi connectivity index (χ4v) is 6.49. The predicted octanol–water partition coefficient (Wildman–Crippen LogP) is 1.75. The van der Waals surface area contributed by atoms with Crippen molar-refractivity contribution in [3.8, 4) is 11.5 Å². The minimum Gasteiger partial charge on any atom is -0.477 e. The molecule has 0 aromatic heterocycles. The maximum atomic E-state index is 12.9. The molecule has 5 aliphatic rings. The normalized spacial score (nSPS) is 38.0. The van der Waals surface area contributed by atoms with Crippen LogP contribution in [-0.4, -0.2) is 52.6 Å². The van der Waals surface area contributed by atoms with Crippen molar-refractivity contribution < 1.29 is 24.2 Å². The summed E-state index contributed by atoms with van der Waals surface area (Å²) in [6, 6.07) is 3.79. The highest BCUT2D eigenvalue weighted by Crippen LogP contribution is 2.65. The van der Waals surface area contributed by atoms with E-state index in [-0.39, 0.29) is 11.8 Å². The van der Waals surface area contributed by atoms with E-state index in [1.165, 1.54) is 19.8 Å². The van der Waals surface area contributed by atoms with Crippen LogP contribution in [0.3, 0.4) is 0 Å². The fourth-order valence-electron chi connectivity index (χ4n) is 6.49. The number of rotatable bonds is 3. The van der Waals surface area contributed by atoms with Crippen molar-refractivity contribution in [1.82, 2.24) is 4.90 Å². The summed E-state index contributed by atoms with van der Waals surface area (Å²) in [6.45, 7) is 3.27. The van der Waals surface area contributed by atoms with Crippen LogP contribution < -0.4 is 9.47 Å². The number of ketones is 1. The van der Waals surface area contributed by atoms with E-state index < -0.39 is 23.1 Å². The first-order valence-corrected chi connectivity index (χ1v) is 10.4. The molecule has 0 radical (unpaired) electrons. The molecule has 2 aliphatic heterocycles. The summed E-state index contributed by atoms with van der Waals surface area (Å²) in [5, 5.41) is 12.1. The molecule has 1 spiro atoms. The molecule has 6 heteroatoms. The maximum absolute atomic E-state index is 12.9. The van der Waals surface area contributed by atoms with Gasteiger partial charge in [-0.3, -0.25) is 14.5 Å². The first kappa shape index (κ1) is 17.0. The molecule has 4 atom stereocenters. The molecule has 2 heterocycles. The van der Waals surface area contributed by atoms with Gasteiger partial charge in [0.05, 0.1) is 11.0 Å². The minimum absolute atomic E-state index is 0.0130. The second-order valence-corrected chi connectivity index (χ2v) is 9.29. The standard InChI is InChI=1S/C22H25NO5/c1-12(24)27-16-5-4-14-10-17-22(26)7-6-15(25)20-21(22,18(14)19(16)28-20)8-9-23(17)11-13-2-3-13/h4-5,13,17,20,26H,2-3,6-11H2,1H3/t17?,20-,21-,22+/m0/s1. The lowest BCUT2D eigenvalue weighted by Gasteiger charge is -2.62. The third-order valence-corrected chi connectivity index (χ3v) is 7.80. The number of carbonyl (C=O) groups excluding carboxylic acids is 2. The third kappa shape index (κ3) is 1.95. The number of likely N-dealkylation sites (tertiary alicyclic amines) is 1. The molecule has 1 saturated heterocycles. The Kier molecular flexibility index (Phi) is 3.25. The van der Waals surface area contributed by atoms with E-state index in [0.29, 0.717) is 30.8 Å². The molecule has 6 rings (SSSR count). The molecule has 148 valence electrons. The Bertz CT molecular complexity index is 908. The van der Waals surface area contributed by atoms with Gasteiger partial charge in [0.1, 0.15) is 0 Å². The summed E-state index contributed by atoms with van der Waals surface area (Å²) in [5.74, 6) is 1.25. The predicted molar refractivity (Wildman–Crippen MR) is 99.4 cm³/mol. The third-order valence-electron chi connectivity index (χ3n) is 7.80. The van der Waals surface area contributed by atoms with Crippen LogP contribution in [-0.2, 0) is 21.4 Å². The molecule has 2 saturated carbocycles. The van der Waals surface area contributed by atoms with E-state index in [9.17, 15) is 14.7 Å². The average molecular weight is 383 g/mol. The first-order chi connectivity index (χ1) is 13.4. The Morgan fingerprint density at radius 2 is 2.18 bits per heavy atom. The van der Waals surface area contributed by atoms with Crippen molar-refractivity contribution in [2.75, 3.05) is 13.1 Å². The van der Waals surface area contributed by atoms with Crippen LogP contribution in [0.15, 0.2) is 12.1 Å². The van der Waals surface area contributed by atoms with Crippen LogP contribution >= 0.6 is 0 Å². The molecule has 3 aliphatic carbocycles. The number of carbonyl (C=O) groups is 2. The number of Topliss-reactive ketones (excluding diaryl/α,β-unsaturated/α-hetero) is 1. The van der Waals surface area contributed by atoms with E-state index in [0.717, 1.165) is 36.6 Å². The lowest BCUT2D eigenvalue weighted by Crippen LogP contribution is -2.76. The van der Waals surface area contributed by atoms with Crippen LogP contribution in [0.2, 0.25) is 0 Å². The molecule has 1 aromatic rings. The maximum Gasteiger partial charge on any atom is 0.308 e. The number of esters is 1.